The van der Waals surface area contributed by atoms with Gasteiger partial charge in [-0.3, -0.25) is 9.11 Å². The molecule has 0 unspecified atom stereocenters. The van der Waals surface area contributed by atoms with E-state index in [-0.39, 0.29) is 11.1 Å². The van der Waals surface area contributed by atoms with Crippen molar-refractivity contribution in [3.63, 3.8) is 0 Å². The van der Waals surface area contributed by atoms with Crippen LogP contribution in [0.2, 0.25) is 0 Å². The van der Waals surface area contributed by atoms with Crippen molar-refractivity contribution in [2.24, 2.45) is 0 Å². The van der Waals surface area contributed by atoms with Gasteiger partial charge in [-0.05, 0) is 12.1 Å². The summed E-state index contributed by atoms with van der Waals surface area (Å²) in [7, 11) is -9.04. The lowest BCUT2D eigenvalue weighted by Gasteiger charge is -2.10. The molecular formula is C12H10O6S2. The van der Waals surface area contributed by atoms with Crippen molar-refractivity contribution in [3.8, 4) is 11.1 Å². The number of hydrogen-bond donors (Lipinski definition) is 2. The second-order valence-electron chi connectivity index (χ2n) is 3.94. The molecule has 6 nitrogen and oxygen atoms in total. The van der Waals surface area contributed by atoms with Crippen LogP contribution in [0.5, 0.6) is 0 Å². The van der Waals surface area contributed by atoms with E-state index in [2.05, 4.69) is 0 Å². The van der Waals surface area contributed by atoms with Gasteiger partial charge in [0, 0.05) is 11.1 Å². The molecule has 0 saturated heterocycles. The maximum atomic E-state index is 11.3. The van der Waals surface area contributed by atoms with Crippen molar-refractivity contribution in [3.05, 3.63) is 48.5 Å². The Bertz CT molecular complexity index is 780. The lowest BCUT2D eigenvalue weighted by Crippen LogP contribution is -2.04. The lowest BCUT2D eigenvalue weighted by atomic mass is 10.1. The minimum atomic E-state index is -4.52. The third-order valence-corrected chi connectivity index (χ3v) is 4.44. The maximum Gasteiger partial charge on any atom is 0.295 e. The zero-order valence-electron chi connectivity index (χ0n) is 9.96. The fourth-order valence-electron chi connectivity index (χ4n) is 1.83. The fourth-order valence-corrected chi connectivity index (χ4v) is 3.24. The van der Waals surface area contributed by atoms with Gasteiger partial charge in [-0.25, -0.2) is 0 Å². The number of hydrogen-bond acceptors (Lipinski definition) is 4. The molecule has 2 rings (SSSR count). The highest BCUT2D eigenvalue weighted by atomic mass is 32.2. The second kappa shape index (κ2) is 4.98. The molecular weight excluding hydrogens is 304 g/mol. The van der Waals surface area contributed by atoms with E-state index in [1.165, 1.54) is 36.4 Å². The van der Waals surface area contributed by atoms with Crippen LogP contribution in [-0.4, -0.2) is 25.9 Å². The molecule has 0 bridgehead atoms. The van der Waals surface area contributed by atoms with Crippen LogP contribution in [-0.2, 0) is 20.2 Å². The summed E-state index contributed by atoms with van der Waals surface area (Å²) in [6, 6.07) is 10.7. The predicted molar refractivity (Wildman–Crippen MR) is 71.5 cm³/mol. The van der Waals surface area contributed by atoms with Crippen LogP contribution in [0.1, 0.15) is 0 Å². The van der Waals surface area contributed by atoms with E-state index in [9.17, 15) is 25.9 Å². The summed E-state index contributed by atoms with van der Waals surface area (Å²) < 4.78 is 63.7. The Morgan fingerprint density at radius 3 is 1.20 bits per heavy atom. The van der Waals surface area contributed by atoms with E-state index in [0.717, 1.165) is 12.1 Å². The minimum Gasteiger partial charge on any atom is -0.282 e. The first-order valence-corrected chi connectivity index (χ1v) is 8.22. The highest BCUT2D eigenvalue weighted by Gasteiger charge is 2.21. The Morgan fingerprint density at radius 1 is 0.600 bits per heavy atom. The van der Waals surface area contributed by atoms with Crippen LogP contribution >= 0.6 is 0 Å². The average Bonchev–Trinajstić information content (AvgIpc) is 2.37. The second-order valence-corrected chi connectivity index (χ2v) is 6.72. The van der Waals surface area contributed by atoms with Gasteiger partial charge in [0.15, 0.2) is 0 Å². The molecule has 2 aromatic rings. The molecule has 106 valence electrons. The van der Waals surface area contributed by atoms with Crippen LogP contribution < -0.4 is 0 Å². The van der Waals surface area contributed by atoms with Gasteiger partial charge in [-0.15, -0.1) is 0 Å². The van der Waals surface area contributed by atoms with Gasteiger partial charge in [0.05, 0.1) is 0 Å². The molecule has 0 atom stereocenters. The van der Waals surface area contributed by atoms with Crippen LogP contribution in [0, 0.1) is 0 Å². The molecule has 0 aliphatic heterocycles. The van der Waals surface area contributed by atoms with Crippen molar-refractivity contribution in [1.29, 1.82) is 0 Å². The smallest absolute Gasteiger partial charge is 0.282 e. The lowest BCUT2D eigenvalue weighted by molar-refractivity contribution is 0.480. The number of benzene rings is 2. The van der Waals surface area contributed by atoms with Gasteiger partial charge < -0.3 is 0 Å². The average molecular weight is 314 g/mol. The molecule has 0 spiro atoms. The standard InChI is InChI=1S/C12H10O6S2/c13-19(14,15)11-7-3-1-5-9(11)10-6-2-4-8-12(10)20(16,17)18/h1-8H,(H,13,14,15)(H,16,17,18). The molecule has 0 aromatic heterocycles. The summed E-state index contributed by atoms with van der Waals surface area (Å²) >= 11 is 0. The molecule has 0 heterocycles. The van der Waals surface area contributed by atoms with Crippen LogP contribution in [0.25, 0.3) is 11.1 Å². The predicted octanol–water partition coefficient (Wildman–Crippen LogP) is 1.85. The van der Waals surface area contributed by atoms with Crippen LogP contribution in [0.3, 0.4) is 0 Å². The van der Waals surface area contributed by atoms with Crippen molar-refractivity contribution < 1.29 is 25.9 Å². The number of rotatable bonds is 3. The molecule has 0 amide bonds. The topological polar surface area (TPSA) is 109 Å². The first-order chi connectivity index (χ1) is 9.21. The van der Waals surface area contributed by atoms with E-state index in [4.69, 9.17) is 0 Å². The summed E-state index contributed by atoms with van der Waals surface area (Å²) in [5.74, 6) is 0. The zero-order valence-corrected chi connectivity index (χ0v) is 11.6. The van der Waals surface area contributed by atoms with Crippen molar-refractivity contribution in [2.45, 2.75) is 9.79 Å². The molecule has 0 aliphatic carbocycles. The van der Waals surface area contributed by atoms with Crippen molar-refractivity contribution in [2.75, 3.05) is 0 Å². The monoisotopic (exact) mass is 314 g/mol. The molecule has 0 saturated carbocycles. The largest absolute Gasteiger partial charge is 0.295 e. The Kier molecular flexibility index (Phi) is 3.65. The highest BCUT2D eigenvalue weighted by Crippen LogP contribution is 2.31. The normalized spacial score (nSPS) is 12.3. The van der Waals surface area contributed by atoms with E-state index in [1.54, 1.807) is 0 Å². The van der Waals surface area contributed by atoms with E-state index >= 15 is 0 Å². The molecule has 20 heavy (non-hydrogen) atoms. The summed E-state index contributed by atoms with van der Waals surface area (Å²) in [5, 5.41) is 0. The van der Waals surface area contributed by atoms with Crippen LogP contribution in [0.15, 0.2) is 58.3 Å². The Hall–Kier alpha value is -1.74. The fraction of sp³-hybridized carbons (Fsp3) is 0. The van der Waals surface area contributed by atoms with E-state index in [0.29, 0.717) is 0 Å². The molecule has 2 aromatic carbocycles. The maximum absolute atomic E-state index is 11.3. The Morgan fingerprint density at radius 2 is 0.900 bits per heavy atom. The first-order valence-electron chi connectivity index (χ1n) is 5.34. The summed E-state index contributed by atoms with van der Waals surface area (Å²) in [5.41, 5.74) is -0.0218. The van der Waals surface area contributed by atoms with Gasteiger partial charge in [0.25, 0.3) is 20.2 Å². The SMILES string of the molecule is O=S(=O)(O)c1ccccc1-c1ccccc1S(=O)(=O)O. The van der Waals surface area contributed by atoms with Crippen molar-refractivity contribution in [1.82, 2.24) is 0 Å². The van der Waals surface area contributed by atoms with Crippen LogP contribution in [0.4, 0.5) is 0 Å². The Labute approximate surface area is 116 Å². The Balaban J connectivity index is 2.85. The third-order valence-electron chi connectivity index (χ3n) is 2.62. The quantitative estimate of drug-likeness (QED) is 0.837. The van der Waals surface area contributed by atoms with Crippen molar-refractivity contribution >= 4 is 20.2 Å². The zero-order chi connectivity index (χ0) is 15.0. The van der Waals surface area contributed by atoms with E-state index < -0.39 is 30.0 Å². The summed E-state index contributed by atoms with van der Waals surface area (Å²) in [6.45, 7) is 0. The molecule has 0 aliphatic rings. The summed E-state index contributed by atoms with van der Waals surface area (Å²) in [4.78, 5) is -0.868. The van der Waals surface area contributed by atoms with Gasteiger partial charge in [0.1, 0.15) is 9.79 Å². The molecule has 2 N–H and O–H groups in total. The highest BCUT2D eigenvalue weighted by molar-refractivity contribution is 7.86. The van der Waals surface area contributed by atoms with Gasteiger partial charge >= 0.3 is 0 Å². The van der Waals surface area contributed by atoms with Gasteiger partial charge in [0.2, 0.25) is 0 Å². The summed E-state index contributed by atoms with van der Waals surface area (Å²) in [6.07, 6.45) is 0. The molecule has 0 radical (unpaired) electrons. The van der Waals surface area contributed by atoms with Gasteiger partial charge in [-0.2, -0.15) is 16.8 Å². The minimum absolute atomic E-state index is 0.0109. The first kappa shape index (κ1) is 14.7. The third kappa shape index (κ3) is 2.88. The van der Waals surface area contributed by atoms with Gasteiger partial charge in [-0.1, -0.05) is 36.4 Å². The molecule has 8 heteroatoms. The van der Waals surface area contributed by atoms with E-state index in [1.807, 2.05) is 0 Å². The molecule has 0 fully saturated rings.